The molecule has 0 aliphatic carbocycles. The lowest BCUT2D eigenvalue weighted by Crippen LogP contribution is -2.36. The van der Waals surface area contributed by atoms with E-state index >= 15 is 0 Å². The summed E-state index contributed by atoms with van der Waals surface area (Å²) in [6.07, 6.45) is 27.6. The first kappa shape index (κ1) is 36.4. The van der Waals surface area contributed by atoms with Crippen molar-refractivity contribution >= 4 is 18.2 Å². The minimum absolute atomic E-state index is 0.289. The van der Waals surface area contributed by atoms with E-state index in [4.69, 9.17) is 9.71 Å². The lowest BCUT2D eigenvalue weighted by atomic mass is 10.1. The van der Waals surface area contributed by atoms with Crippen LogP contribution < -0.4 is 0 Å². The summed E-state index contributed by atoms with van der Waals surface area (Å²) in [6.45, 7) is 5.35. The van der Waals surface area contributed by atoms with E-state index in [-0.39, 0.29) is 6.61 Å². The Balaban J connectivity index is 4.62. The second-order valence-corrected chi connectivity index (χ2v) is 18.0. The van der Waals surface area contributed by atoms with Crippen molar-refractivity contribution in [2.75, 3.05) is 19.4 Å². The van der Waals surface area contributed by atoms with Gasteiger partial charge in [-0.05, 0) is 11.6 Å². The van der Waals surface area contributed by atoms with Crippen molar-refractivity contribution in [1.82, 2.24) is 0 Å². The molecule has 0 atom stereocenters. The van der Waals surface area contributed by atoms with Crippen LogP contribution in [0.3, 0.4) is 0 Å². The molecule has 0 aromatic heterocycles. The van der Waals surface area contributed by atoms with E-state index in [1.54, 1.807) is 0 Å². The summed E-state index contributed by atoms with van der Waals surface area (Å²) in [6, 6.07) is 4.22. The largest absolute Gasteiger partial charge is 0.271 e. The van der Waals surface area contributed by atoms with Gasteiger partial charge < -0.3 is 0 Å². The Hall–Kier alpha value is -0.563. The van der Waals surface area contributed by atoms with Crippen molar-refractivity contribution in [1.29, 1.82) is 0 Å². The van der Waals surface area contributed by atoms with Gasteiger partial charge in [-0.3, -0.25) is 4.18 Å². The first-order valence-corrected chi connectivity index (χ1v) is 20.4. The summed E-state index contributed by atoms with van der Waals surface area (Å²) in [5.41, 5.74) is 8.84. The third-order valence-electron chi connectivity index (χ3n) is 7.86. The van der Waals surface area contributed by atoms with Crippen LogP contribution in [0.5, 0.6) is 0 Å². The molecule has 0 saturated carbocycles. The van der Waals surface area contributed by atoms with Gasteiger partial charge in [0.25, 0.3) is 10.1 Å². The van der Waals surface area contributed by atoms with Crippen LogP contribution in [0.1, 0.15) is 142 Å². The van der Waals surface area contributed by atoms with E-state index in [9.17, 15) is 8.42 Å². The molecule has 0 unspecified atom stereocenters. The zero-order chi connectivity index (χ0) is 27.5. The van der Waals surface area contributed by atoms with Crippen LogP contribution in [-0.4, -0.2) is 35.9 Å². The van der Waals surface area contributed by atoms with Crippen molar-refractivity contribution in [2.24, 2.45) is 5.11 Å². The number of nitrogens with zero attached hydrogens (tertiary/aromatic N) is 3. The Bertz CT molecular complexity index is 631. The van der Waals surface area contributed by atoms with Crippen molar-refractivity contribution in [3.8, 4) is 0 Å². The molecule has 0 rings (SSSR count). The van der Waals surface area contributed by atoms with E-state index in [0.29, 0.717) is 6.54 Å². The van der Waals surface area contributed by atoms with E-state index in [0.717, 1.165) is 18.3 Å². The maximum absolute atomic E-state index is 11.6. The van der Waals surface area contributed by atoms with Crippen LogP contribution in [0.4, 0.5) is 0 Å². The zero-order valence-corrected chi connectivity index (χ0v) is 26.7. The lowest BCUT2D eigenvalue weighted by molar-refractivity contribution is 0.339. The second kappa shape index (κ2) is 25.7. The molecule has 0 aliphatic rings. The Morgan fingerprint density at radius 3 is 1.35 bits per heavy atom. The maximum atomic E-state index is 11.6. The molecular formula is C29H61N3O3SSi. The summed E-state index contributed by atoms with van der Waals surface area (Å²) < 4.78 is 28.4. The fourth-order valence-corrected chi connectivity index (χ4v) is 10.6. The molecule has 0 spiro atoms. The van der Waals surface area contributed by atoms with Gasteiger partial charge in [-0.2, -0.15) is 8.42 Å². The van der Waals surface area contributed by atoms with Gasteiger partial charge >= 0.3 is 0 Å². The van der Waals surface area contributed by atoms with Crippen molar-refractivity contribution < 1.29 is 12.6 Å². The Morgan fingerprint density at radius 2 is 1.00 bits per heavy atom. The van der Waals surface area contributed by atoms with Gasteiger partial charge in [-0.25, -0.2) is 0 Å². The smallest absolute Gasteiger partial charge is 0.264 e. The highest BCUT2D eigenvalue weighted by Gasteiger charge is 2.31. The van der Waals surface area contributed by atoms with E-state index in [1.165, 1.54) is 141 Å². The predicted molar refractivity (Wildman–Crippen MR) is 163 cm³/mol. The molecule has 8 heteroatoms. The standard InChI is InChI=1S/C29H61N3O3SSi/c1-4-6-8-10-12-14-16-18-20-22-26-37(28-24-31-32-30,29-25-35-36(3,33)34)27-23-21-19-17-15-13-11-9-7-5-2/h4-29H2,1-3H3. The topological polar surface area (TPSA) is 92.1 Å². The molecule has 0 aromatic carbocycles. The molecule has 0 aliphatic heterocycles. The Kier molecular flexibility index (Phi) is 25.3. The SMILES string of the molecule is CCCCCCCCCCCC[Si](CCCCCCCCCCCC)(CCN=[N+]=[N-])CCOS(C)(=O)=O. The highest BCUT2D eigenvalue weighted by Crippen LogP contribution is 2.32. The summed E-state index contributed by atoms with van der Waals surface area (Å²) in [4.78, 5) is 2.99. The van der Waals surface area contributed by atoms with Crippen LogP contribution in [0, 0.1) is 0 Å². The van der Waals surface area contributed by atoms with Crippen molar-refractivity contribution in [3.05, 3.63) is 10.4 Å². The van der Waals surface area contributed by atoms with Crippen LogP contribution in [0.15, 0.2) is 5.11 Å². The van der Waals surface area contributed by atoms with Gasteiger partial charge in [-0.1, -0.05) is 166 Å². The number of hydrogen-bond acceptors (Lipinski definition) is 4. The minimum Gasteiger partial charge on any atom is -0.271 e. The minimum atomic E-state index is -3.42. The van der Waals surface area contributed by atoms with E-state index < -0.39 is 18.2 Å². The highest BCUT2D eigenvalue weighted by molar-refractivity contribution is 7.85. The molecule has 0 saturated heterocycles. The molecule has 6 nitrogen and oxygen atoms in total. The molecule has 0 fully saturated rings. The van der Waals surface area contributed by atoms with Gasteiger partial charge in [0.2, 0.25) is 0 Å². The van der Waals surface area contributed by atoms with Gasteiger partial charge in [0.15, 0.2) is 0 Å². The molecular weight excluding hydrogens is 498 g/mol. The van der Waals surface area contributed by atoms with Crippen LogP contribution >= 0.6 is 0 Å². The molecule has 220 valence electrons. The molecule has 37 heavy (non-hydrogen) atoms. The number of rotatable bonds is 29. The van der Waals surface area contributed by atoms with Gasteiger partial charge in [0, 0.05) is 11.5 Å². The highest BCUT2D eigenvalue weighted by atomic mass is 32.2. The molecule has 0 amide bonds. The maximum Gasteiger partial charge on any atom is 0.264 e. The fraction of sp³-hybridized carbons (Fsp3) is 1.00. The third-order valence-corrected chi connectivity index (χ3v) is 13.8. The normalized spacial score (nSPS) is 12.1. The summed E-state index contributed by atoms with van der Waals surface area (Å²) in [5, 5.41) is 3.87. The van der Waals surface area contributed by atoms with Crippen LogP contribution in [0.2, 0.25) is 24.2 Å². The average molecular weight is 560 g/mol. The Morgan fingerprint density at radius 1 is 0.622 bits per heavy atom. The Labute approximate surface area is 231 Å². The summed E-state index contributed by atoms with van der Waals surface area (Å²) in [7, 11) is -5.19. The molecule has 0 heterocycles. The fourth-order valence-electron chi connectivity index (χ4n) is 5.47. The molecule has 0 bridgehead atoms. The number of unbranched alkanes of at least 4 members (excludes halogenated alkanes) is 18. The van der Waals surface area contributed by atoms with Crippen molar-refractivity contribution in [2.45, 2.75) is 166 Å². The average Bonchev–Trinajstić information content (AvgIpc) is 2.85. The molecule has 0 N–H and O–H groups in total. The first-order valence-electron chi connectivity index (χ1n) is 15.7. The lowest BCUT2D eigenvalue weighted by Gasteiger charge is -2.32. The third kappa shape index (κ3) is 25.5. The van der Waals surface area contributed by atoms with E-state index in [2.05, 4.69) is 23.9 Å². The first-order chi connectivity index (χ1) is 17.9. The quantitative estimate of drug-likeness (QED) is 0.0228. The van der Waals surface area contributed by atoms with Crippen LogP contribution in [-0.2, 0) is 14.3 Å². The van der Waals surface area contributed by atoms with Gasteiger partial charge in [0.1, 0.15) is 0 Å². The van der Waals surface area contributed by atoms with Gasteiger partial charge in [0.05, 0.1) is 20.9 Å². The molecule has 0 aromatic rings. The molecule has 0 radical (unpaired) electrons. The summed E-state index contributed by atoms with van der Waals surface area (Å²) >= 11 is 0. The number of azide groups is 1. The van der Waals surface area contributed by atoms with Gasteiger partial charge in [-0.15, -0.1) is 0 Å². The number of hydrogen-bond donors (Lipinski definition) is 0. The zero-order valence-electron chi connectivity index (χ0n) is 24.9. The summed E-state index contributed by atoms with van der Waals surface area (Å²) in [5.74, 6) is 0. The monoisotopic (exact) mass is 559 g/mol. The van der Waals surface area contributed by atoms with E-state index in [1.807, 2.05) is 0 Å². The predicted octanol–water partition coefficient (Wildman–Crippen LogP) is 10.6. The van der Waals surface area contributed by atoms with Crippen LogP contribution in [0.25, 0.3) is 10.4 Å². The second-order valence-electron chi connectivity index (χ2n) is 11.3. The van der Waals surface area contributed by atoms with Crippen molar-refractivity contribution in [3.63, 3.8) is 0 Å².